The summed E-state index contributed by atoms with van der Waals surface area (Å²) >= 11 is 0. The van der Waals surface area contributed by atoms with Gasteiger partial charge in [-0.15, -0.1) is 0 Å². The van der Waals surface area contributed by atoms with E-state index in [0.29, 0.717) is 19.1 Å². The highest BCUT2D eigenvalue weighted by molar-refractivity contribution is 5.41. The number of benzene rings is 2. The van der Waals surface area contributed by atoms with Crippen LogP contribution in [0.1, 0.15) is 22.6 Å². The zero-order valence-electron chi connectivity index (χ0n) is 11.3. The van der Waals surface area contributed by atoms with Gasteiger partial charge in [0.25, 0.3) is 0 Å². The van der Waals surface area contributed by atoms with Gasteiger partial charge in [-0.1, -0.05) is 30.3 Å². The number of hydrogen-bond donors (Lipinski definition) is 0. The second-order valence-corrected chi connectivity index (χ2v) is 5.05. The normalized spacial score (nSPS) is 16.8. The monoisotopic (exact) mass is 254 g/mol. The summed E-state index contributed by atoms with van der Waals surface area (Å²) in [5.41, 5.74) is 3.74. The average molecular weight is 254 g/mol. The fourth-order valence-corrected chi connectivity index (χ4v) is 2.44. The van der Waals surface area contributed by atoms with E-state index in [-0.39, 0.29) is 0 Å². The van der Waals surface area contributed by atoms with Crippen LogP contribution in [-0.2, 0) is 0 Å². The highest BCUT2D eigenvalue weighted by atomic mass is 16.5. The molecule has 0 radical (unpaired) electrons. The van der Waals surface area contributed by atoms with Crippen molar-refractivity contribution in [1.29, 1.82) is 0 Å². The van der Waals surface area contributed by atoms with Gasteiger partial charge < -0.3 is 9.47 Å². The van der Waals surface area contributed by atoms with Gasteiger partial charge in [-0.05, 0) is 37.1 Å². The third-order valence-electron chi connectivity index (χ3n) is 3.79. The zero-order chi connectivity index (χ0) is 13.2. The van der Waals surface area contributed by atoms with Crippen LogP contribution in [0.3, 0.4) is 0 Å². The maximum atomic E-state index is 5.98. The van der Waals surface area contributed by atoms with Crippen LogP contribution < -0.4 is 9.47 Å². The predicted molar refractivity (Wildman–Crippen MR) is 76.1 cm³/mol. The molecule has 0 saturated carbocycles. The first-order chi connectivity index (χ1) is 9.25. The Morgan fingerprint density at radius 2 is 1.95 bits per heavy atom. The van der Waals surface area contributed by atoms with Crippen LogP contribution in [-0.4, -0.2) is 13.2 Å². The summed E-state index contributed by atoms with van der Waals surface area (Å²) in [6, 6.07) is 14.4. The first-order valence-electron chi connectivity index (χ1n) is 6.66. The third-order valence-corrected chi connectivity index (χ3v) is 3.79. The molecular formula is C17H18O2. The fraction of sp³-hybridized carbons (Fsp3) is 0.294. The Hall–Kier alpha value is -1.96. The molecule has 1 aliphatic heterocycles. The molecule has 3 rings (SSSR count). The van der Waals surface area contributed by atoms with Gasteiger partial charge in [0, 0.05) is 5.56 Å². The number of fused-ring (bicyclic) bond motifs is 1. The lowest BCUT2D eigenvalue weighted by Gasteiger charge is -2.14. The minimum atomic E-state index is 0.330. The van der Waals surface area contributed by atoms with E-state index in [1.165, 1.54) is 16.7 Å². The van der Waals surface area contributed by atoms with E-state index in [9.17, 15) is 0 Å². The van der Waals surface area contributed by atoms with E-state index in [4.69, 9.17) is 9.47 Å². The minimum Gasteiger partial charge on any atom is -0.493 e. The third kappa shape index (κ3) is 2.30. The Balaban J connectivity index is 1.73. The van der Waals surface area contributed by atoms with Crippen LogP contribution >= 0.6 is 0 Å². The van der Waals surface area contributed by atoms with Gasteiger partial charge >= 0.3 is 0 Å². The van der Waals surface area contributed by atoms with Crippen LogP contribution in [0.25, 0.3) is 0 Å². The molecule has 0 N–H and O–H groups in total. The number of rotatable bonds is 3. The van der Waals surface area contributed by atoms with Crippen molar-refractivity contribution in [3.8, 4) is 11.5 Å². The molecule has 0 saturated heterocycles. The van der Waals surface area contributed by atoms with Crippen molar-refractivity contribution in [2.24, 2.45) is 0 Å². The van der Waals surface area contributed by atoms with E-state index < -0.39 is 0 Å². The van der Waals surface area contributed by atoms with Crippen molar-refractivity contribution >= 4 is 0 Å². The summed E-state index contributed by atoms with van der Waals surface area (Å²) in [4.78, 5) is 0. The van der Waals surface area contributed by atoms with E-state index >= 15 is 0 Å². The van der Waals surface area contributed by atoms with E-state index in [0.717, 1.165) is 11.5 Å². The molecule has 2 aromatic carbocycles. The highest BCUT2D eigenvalue weighted by Crippen LogP contribution is 2.34. The number of para-hydroxylation sites is 1. The van der Waals surface area contributed by atoms with E-state index in [1.807, 2.05) is 24.3 Å². The van der Waals surface area contributed by atoms with Crippen LogP contribution in [0.4, 0.5) is 0 Å². The molecule has 0 spiro atoms. The van der Waals surface area contributed by atoms with Gasteiger partial charge in [-0.2, -0.15) is 0 Å². The van der Waals surface area contributed by atoms with Crippen LogP contribution in [0.2, 0.25) is 0 Å². The maximum absolute atomic E-state index is 5.98. The predicted octanol–water partition coefficient (Wildman–Crippen LogP) is 3.86. The molecule has 19 heavy (non-hydrogen) atoms. The van der Waals surface area contributed by atoms with Crippen molar-refractivity contribution < 1.29 is 9.47 Å². The minimum absolute atomic E-state index is 0.330. The average Bonchev–Trinajstić information content (AvgIpc) is 2.84. The largest absolute Gasteiger partial charge is 0.493 e. The molecule has 1 atom stereocenters. The molecule has 0 fully saturated rings. The molecule has 1 heterocycles. The van der Waals surface area contributed by atoms with Crippen LogP contribution in [0.5, 0.6) is 11.5 Å². The number of ether oxygens (including phenoxy) is 2. The van der Waals surface area contributed by atoms with Crippen LogP contribution in [0, 0.1) is 13.8 Å². The molecule has 0 aromatic heterocycles. The SMILES string of the molecule is Cc1cccc(OCC2COc3ccccc32)c1C. The Bertz CT molecular complexity index is 590. The second kappa shape index (κ2) is 4.96. The molecule has 0 aliphatic carbocycles. The van der Waals surface area contributed by atoms with Crippen LogP contribution in [0.15, 0.2) is 42.5 Å². The summed E-state index contributed by atoms with van der Waals surface area (Å²) in [5, 5.41) is 0. The van der Waals surface area contributed by atoms with Gasteiger partial charge in [0.15, 0.2) is 0 Å². The molecule has 2 heteroatoms. The molecule has 2 nitrogen and oxygen atoms in total. The first kappa shape index (κ1) is 12.1. The van der Waals surface area contributed by atoms with Crippen molar-refractivity contribution in [3.63, 3.8) is 0 Å². The fourth-order valence-electron chi connectivity index (χ4n) is 2.44. The van der Waals surface area contributed by atoms with Crippen molar-refractivity contribution in [2.45, 2.75) is 19.8 Å². The Morgan fingerprint density at radius 3 is 2.84 bits per heavy atom. The molecular weight excluding hydrogens is 236 g/mol. The molecule has 1 unspecified atom stereocenters. The van der Waals surface area contributed by atoms with Crippen molar-refractivity contribution in [3.05, 3.63) is 59.2 Å². The van der Waals surface area contributed by atoms with E-state index in [1.54, 1.807) is 0 Å². The van der Waals surface area contributed by atoms with E-state index in [2.05, 4.69) is 32.0 Å². The molecule has 0 bridgehead atoms. The standard InChI is InChI=1S/C17H18O2/c1-12-6-5-9-16(13(12)2)18-10-14-11-19-17-8-4-3-7-15(14)17/h3-9,14H,10-11H2,1-2H3. The summed E-state index contributed by atoms with van der Waals surface area (Å²) < 4.78 is 11.7. The van der Waals surface area contributed by atoms with Gasteiger partial charge in [-0.3, -0.25) is 0 Å². The smallest absolute Gasteiger partial charge is 0.123 e. The molecule has 2 aromatic rings. The lowest BCUT2D eigenvalue weighted by Crippen LogP contribution is -2.12. The van der Waals surface area contributed by atoms with Crippen molar-refractivity contribution in [2.75, 3.05) is 13.2 Å². The Labute approximate surface area is 114 Å². The lowest BCUT2D eigenvalue weighted by atomic mass is 10.0. The van der Waals surface area contributed by atoms with Gasteiger partial charge in [0.1, 0.15) is 11.5 Å². The summed E-state index contributed by atoms with van der Waals surface area (Å²) in [7, 11) is 0. The topological polar surface area (TPSA) is 18.5 Å². The second-order valence-electron chi connectivity index (χ2n) is 5.05. The molecule has 0 amide bonds. The van der Waals surface area contributed by atoms with Gasteiger partial charge in [-0.25, -0.2) is 0 Å². The molecule has 1 aliphatic rings. The Kier molecular flexibility index (Phi) is 3.16. The maximum Gasteiger partial charge on any atom is 0.123 e. The number of hydrogen-bond acceptors (Lipinski definition) is 2. The molecule has 98 valence electrons. The van der Waals surface area contributed by atoms with Crippen molar-refractivity contribution in [1.82, 2.24) is 0 Å². The summed E-state index contributed by atoms with van der Waals surface area (Å²) in [6.45, 7) is 5.59. The Morgan fingerprint density at radius 1 is 1.11 bits per heavy atom. The first-order valence-corrected chi connectivity index (χ1v) is 6.66. The van der Waals surface area contributed by atoms with Gasteiger partial charge in [0.05, 0.1) is 19.1 Å². The lowest BCUT2D eigenvalue weighted by molar-refractivity contribution is 0.247. The van der Waals surface area contributed by atoms with Gasteiger partial charge in [0.2, 0.25) is 0 Å². The summed E-state index contributed by atoms with van der Waals surface area (Å²) in [5.74, 6) is 2.30. The number of aryl methyl sites for hydroxylation is 1. The quantitative estimate of drug-likeness (QED) is 0.828. The highest BCUT2D eigenvalue weighted by Gasteiger charge is 2.24. The zero-order valence-corrected chi connectivity index (χ0v) is 11.3. The summed E-state index contributed by atoms with van der Waals surface area (Å²) in [6.07, 6.45) is 0.